The van der Waals surface area contributed by atoms with E-state index in [2.05, 4.69) is 10.5 Å². The molecule has 0 aromatic heterocycles. The molecule has 0 aliphatic heterocycles. The van der Waals surface area contributed by atoms with Gasteiger partial charge in [-0.15, -0.1) is 0 Å². The Morgan fingerprint density at radius 3 is 2.05 bits per heavy atom. The van der Waals surface area contributed by atoms with Crippen molar-refractivity contribution in [1.82, 2.24) is 0 Å². The highest BCUT2D eigenvalue weighted by atomic mass is 19.1. The van der Waals surface area contributed by atoms with Gasteiger partial charge in [-0.3, -0.25) is 5.43 Å². The minimum absolute atomic E-state index is 0.292. The van der Waals surface area contributed by atoms with Crippen LogP contribution in [0.2, 0.25) is 0 Å². The first-order valence-electron chi connectivity index (χ1n) is 6.52. The number of ether oxygens (including phenoxy) is 3. The second kappa shape index (κ2) is 7.31. The molecule has 2 aromatic rings. The number of nitrogens with zero attached hydrogens (tertiary/aromatic N) is 1. The van der Waals surface area contributed by atoms with Crippen LogP contribution >= 0.6 is 0 Å². The molecule has 5 nitrogen and oxygen atoms in total. The van der Waals surface area contributed by atoms with E-state index in [0.29, 0.717) is 22.9 Å². The Morgan fingerprint density at radius 2 is 1.55 bits per heavy atom. The van der Waals surface area contributed by atoms with Crippen LogP contribution in [0, 0.1) is 5.82 Å². The van der Waals surface area contributed by atoms with Gasteiger partial charge in [0, 0.05) is 5.56 Å². The van der Waals surface area contributed by atoms with Crippen molar-refractivity contribution < 1.29 is 18.6 Å². The molecule has 116 valence electrons. The number of rotatable bonds is 6. The van der Waals surface area contributed by atoms with E-state index in [9.17, 15) is 4.39 Å². The van der Waals surface area contributed by atoms with Gasteiger partial charge < -0.3 is 14.2 Å². The number of anilines is 1. The summed E-state index contributed by atoms with van der Waals surface area (Å²) in [7, 11) is 4.65. The molecule has 6 heteroatoms. The molecule has 0 saturated carbocycles. The van der Waals surface area contributed by atoms with E-state index in [4.69, 9.17) is 14.2 Å². The molecule has 1 N–H and O–H groups in total. The zero-order valence-electron chi connectivity index (χ0n) is 12.6. The number of halogens is 1. The standard InChI is InChI=1S/C16H17FN2O3/c1-20-14-8-11(9-15(21-2)16(14)22-3)10-18-19-13-6-4-12(17)5-7-13/h4-10,19H,1-3H3. The van der Waals surface area contributed by atoms with Gasteiger partial charge in [-0.2, -0.15) is 5.10 Å². The van der Waals surface area contributed by atoms with E-state index in [1.54, 1.807) is 51.8 Å². The second-order valence-corrected chi connectivity index (χ2v) is 4.34. The van der Waals surface area contributed by atoms with E-state index in [-0.39, 0.29) is 5.82 Å². The number of hydrazone groups is 1. The van der Waals surface area contributed by atoms with Crippen LogP contribution in [0.4, 0.5) is 10.1 Å². The van der Waals surface area contributed by atoms with Crippen LogP contribution in [-0.2, 0) is 0 Å². The van der Waals surface area contributed by atoms with Gasteiger partial charge in [-0.05, 0) is 36.4 Å². The molecule has 22 heavy (non-hydrogen) atoms. The minimum atomic E-state index is -0.292. The molecule has 0 aliphatic rings. The van der Waals surface area contributed by atoms with Gasteiger partial charge in [0.1, 0.15) is 5.82 Å². The van der Waals surface area contributed by atoms with E-state index in [1.807, 2.05) is 0 Å². The topological polar surface area (TPSA) is 52.1 Å². The first-order chi connectivity index (χ1) is 10.7. The van der Waals surface area contributed by atoms with E-state index in [0.717, 1.165) is 5.56 Å². The highest BCUT2D eigenvalue weighted by Gasteiger charge is 2.12. The molecule has 0 fully saturated rings. The predicted molar refractivity (Wildman–Crippen MR) is 83.7 cm³/mol. The quantitative estimate of drug-likeness (QED) is 0.657. The maximum atomic E-state index is 12.8. The van der Waals surface area contributed by atoms with Crippen LogP contribution in [0.1, 0.15) is 5.56 Å². The van der Waals surface area contributed by atoms with Crippen LogP contribution in [0.3, 0.4) is 0 Å². The maximum Gasteiger partial charge on any atom is 0.203 e. The highest BCUT2D eigenvalue weighted by molar-refractivity contribution is 5.83. The Kier molecular flexibility index (Phi) is 5.19. The van der Waals surface area contributed by atoms with Crippen molar-refractivity contribution in [2.75, 3.05) is 26.8 Å². The lowest BCUT2D eigenvalue weighted by Crippen LogP contribution is -1.97. The summed E-state index contributed by atoms with van der Waals surface area (Å²) in [6.45, 7) is 0. The largest absolute Gasteiger partial charge is 0.493 e. The summed E-state index contributed by atoms with van der Waals surface area (Å²) in [6, 6.07) is 9.46. The Morgan fingerprint density at radius 1 is 0.955 bits per heavy atom. The molecule has 2 rings (SSSR count). The number of nitrogens with one attached hydrogen (secondary N) is 1. The van der Waals surface area contributed by atoms with Crippen LogP contribution < -0.4 is 19.6 Å². The molecular weight excluding hydrogens is 287 g/mol. The van der Waals surface area contributed by atoms with Gasteiger partial charge in [0.05, 0.1) is 33.2 Å². The van der Waals surface area contributed by atoms with Crippen molar-refractivity contribution in [1.29, 1.82) is 0 Å². The zero-order valence-corrected chi connectivity index (χ0v) is 12.6. The number of benzene rings is 2. The molecule has 0 heterocycles. The van der Waals surface area contributed by atoms with Crippen molar-refractivity contribution in [3.05, 3.63) is 47.8 Å². The first kappa shape index (κ1) is 15.6. The molecule has 0 spiro atoms. The average molecular weight is 304 g/mol. The third kappa shape index (κ3) is 3.66. The highest BCUT2D eigenvalue weighted by Crippen LogP contribution is 2.37. The molecule has 2 aromatic carbocycles. The molecular formula is C16H17FN2O3. The summed E-state index contributed by atoms with van der Waals surface area (Å²) in [4.78, 5) is 0. The third-order valence-corrected chi connectivity index (χ3v) is 2.94. The van der Waals surface area contributed by atoms with Gasteiger partial charge in [0.25, 0.3) is 0 Å². The summed E-state index contributed by atoms with van der Waals surface area (Å²) >= 11 is 0. The number of methoxy groups -OCH3 is 3. The van der Waals surface area contributed by atoms with Crippen molar-refractivity contribution in [3.63, 3.8) is 0 Å². The van der Waals surface area contributed by atoms with Crippen molar-refractivity contribution in [2.45, 2.75) is 0 Å². The van der Waals surface area contributed by atoms with E-state index < -0.39 is 0 Å². The zero-order chi connectivity index (χ0) is 15.9. The summed E-state index contributed by atoms with van der Waals surface area (Å²) in [5.74, 6) is 1.32. The van der Waals surface area contributed by atoms with Gasteiger partial charge in [0.2, 0.25) is 5.75 Å². The van der Waals surface area contributed by atoms with Crippen molar-refractivity contribution in [2.24, 2.45) is 5.10 Å². The summed E-state index contributed by atoms with van der Waals surface area (Å²) in [6.07, 6.45) is 1.60. The summed E-state index contributed by atoms with van der Waals surface area (Å²) in [5.41, 5.74) is 4.27. The van der Waals surface area contributed by atoms with Crippen LogP contribution in [0.5, 0.6) is 17.2 Å². The molecule has 0 atom stereocenters. The maximum absolute atomic E-state index is 12.8. The van der Waals surface area contributed by atoms with Crippen LogP contribution in [0.15, 0.2) is 41.5 Å². The van der Waals surface area contributed by atoms with Crippen LogP contribution in [0.25, 0.3) is 0 Å². The van der Waals surface area contributed by atoms with Gasteiger partial charge >= 0.3 is 0 Å². The molecule has 0 unspecified atom stereocenters. The SMILES string of the molecule is COc1cc(C=NNc2ccc(F)cc2)cc(OC)c1OC. The fraction of sp³-hybridized carbons (Fsp3) is 0.188. The lowest BCUT2D eigenvalue weighted by molar-refractivity contribution is 0.324. The fourth-order valence-electron chi connectivity index (χ4n) is 1.88. The Bertz CT molecular complexity index is 632. The van der Waals surface area contributed by atoms with Gasteiger partial charge in [-0.1, -0.05) is 0 Å². The van der Waals surface area contributed by atoms with Crippen LogP contribution in [-0.4, -0.2) is 27.5 Å². The predicted octanol–water partition coefficient (Wildman–Crippen LogP) is 3.30. The number of hydrogen-bond donors (Lipinski definition) is 1. The van der Waals surface area contributed by atoms with Crippen molar-refractivity contribution >= 4 is 11.9 Å². The summed E-state index contributed by atoms with van der Waals surface area (Å²) in [5, 5.41) is 4.10. The second-order valence-electron chi connectivity index (χ2n) is 4.34. The molecule has 0 amide bonds. The number of hydrogen-bond acceptors (Lipinski definition) is 5. The van der Waals surface area contributed by atoms with Gasteiger partial charge in [-0.25, -0.2) is 4.39 Å². The lowest BCUT2D eigenvalue weighted by atomic mass is 10.2. The monoisotopic (exact) mass is 304 g/mol. The van der Waals surface area contributed by atoms with E-state index >= 15 is 0 Å². The fourth-order valence-corrected chi connectivity index (χ4v) is 1.88. The lowest BCUT2D eigenvalue weighted by Gasteiger charge is -2.12. The Labute approximate surface area is 128 Å². The van der Waals surface area contributed by atoms with Gasteiger partial charge in [0.15, 0.2) is 11.5 Å². The smallest absolute Gasteiger partial charge is 0.203 e. The van der Waals surface area contributed by atoms with Crippen molar-refractivity contribution in [3.8, 4) is 17.2 Å². The van der Waals surface area contributed by atoms with E-state index in [1.165, 1.54) is 12.1 Å². The average Bonchev–Trinajstić information content (AvgIpc) is 2.55. The Hall–Kier alpha value is -2.76. The first-order valence-corrected chi connectivity index (χ1v) is 6.52. The minimum Gasteiger partial charge on any atom is -0.493 e. The summed E-state index contributed by atoms with van der Waals surface area (Å²) < 4.78 is 28.6. The molecule has 0 radical (unpaired) electrons. The third-order valence-electron chi connectivity index (χ3n) is 2.94. The Balaban J connectivity index is 2.18. The molecule has 0 bridgehead atoms. The molecule has 0 saturated heterocycles. The molecule has 0 aliphatic carbocycles. The normalized spacial score (nSPS) is 10.5.